The van der Waals surface area contributed by atoms with E-state index in [1.165, 1.54) is 11.1 Å². The summed E-state index contributed by atoms with van der Waals surface area (Å²) in [4.78, 5) is 0. The van der Waals surface area contributed by atoms with Gasteiger partial charge < -0.3 is 15.0 Å². The number of aromatic nitrogens is 1. The highest BCUT2D eigenvalue weighted by atomic mass is 16.3. The summed E-state index contributed by atoms with van der Waals surface area (Å²) in [6, 6.07) is 6.06. The van der Waals surface area contributed by atoms with Crippen LogP contribution in [0.15, 0.2) is 24.4 Å². The molecule has 2 rings (SSSR count). The molecule has 0 radical (unpaired) electrons. The van der Waals surface area contributed by atoms with E-state index in [-0.39, 0.29) is 0 Å². The first-order chi connectivity index (χ1) is 8.08. The molecule has 0 bridgehead atoms. The number of phenols is 1. The first kappa shape index (κ1) is 12.0. The summed E-state index contributed by atoms with van der Waals surface area (Å²) in [5.41, 5.74) is 2.45. The molecule has 2 N–H and O–H groups in total. The number of fused-ring (bicyclic) bond motifs is 1. The topological polar surface area (TPSA) is 37.2 Å². The third-order valence-electron chi connectivity index (χ3n) is 3.00. The minimum Gasteiger partial charge on any atom is -0.508 e. The Labute approximate surface area is 102 Å². The van der Waals surface area contributed by atoms with Crippen molar-refractivity contribution in [3.8, 4) is 5.75 Å². The van der Waals surface area contributed by atoms with Gasteiger partial charge in [-0.25, -0.2) is 0 Å². The third kappa shape index (κ3) is 2.61. The highest BCUT2D eigenvalue weighted by Gasteiger charge is 2.07. The van der Waals surface area contributed by atoms with Crippen molar-refractivity contribution >= 4 is 10.9 Å². The van der Waals surface area contributed by atoms with E-state index in [1.807, 2.05) is 19.2 Å². The van der Waals surface area contributed by atoms with Gasteiger partial charge in [0.1, 0.15) is 5.75 Å². The lowest BCUT2D eigenvalue weighted by Crippen LogP contribution is -2.24. The zero-order chi connectivity index (χ0) is 12.4. The maximum absolute atomic E-state index is 9.55. The summed E-state index contributed by atoms with van der Waals surface area (Å²) < 4.78 is 2.11. The van der Waals surface area contributed by atoms with Crippen LogP contribution in [0.2, 0.25) is 0 Å². The lowest BCUT2D eigenvalue weighted by Gasteiger charge is -2.06. The lowest BCUT2D eigenvalue weighted by molar-refractivity contribution is 0.476. The number of nitrogens with zero attached hydrogens (tertiary/aromatic N) is 1. The monoisotopic (exact) mass is 232 g/mol. The molecular formula is C14H20N2O. The van der Waals surface area contributed by atoms with E-state index in [9.17, 15) is 5.11 Å². The molecule has 0 amide bonds. The molecule has 0 fully saturated rings. The molecule has 0 aliphatic carbocycles. The number of rotatable bonds is 4. The fraction of sp³-hybridized carbons (Fsp3) is 0.429. The van der Waals surface area contributed by atoms with Gasteiger partial charge in [-0.1, -0.05) is 13.8 Å². The summed E-state index contributed by atoms with van der Waals surface area (Å²) in [6.07, 6.45) is 3.13. The largest absolute Gasteiger partial charge is 0.508 e. The third-order valence-corrected chi connectivity index (χ3v) is 3.00. The first-order valence-electron chi connectivity index (χ1n) is 6.08. The van der Waals surface area contributed by atoms with Gasteiger partial charge in [-0.3, -0.25) is 0 Å². The van der Waals surface area contributed by atoms with Gasteiger partial charge in [-0.05, 0) is 36.7 Å². The second-order valence-electron chi connectivity index (χ2n) is 4.83. The number of hydrogen-bond donors (Lipinski definition) is 2. The van der Waals surface area contributed by atoms with E-state index in [4.69, 9.17) is 0 Å². The average Bonchev–Trinajstić information content (AvgIpc) is 2.55. The normalized spacial score (nSPS) is 11.5. The molecule has 0 spiro atoms. The Bertz CT molecular complexity index is 514. The average molecular weight is 232 g/mol. The van der Waals surface area contributed by atoms with E-state index in [0.717, 1.165) is 18.4 Å². The van der Waals surface area contributed by atoms with Gasteiger partial charge in [-0.15, -0.1) is 0 Å². The van der Waals surface area contributed by atoms with Crippen LogP contribution in [0.5, 0.6) is 5.75 Å². The van der Waals surface area contributed by atoms with Gasteiger partial charge >= 0.3 is 0 Å². The molecule has 0 aliphatic heterocycles. The molecule has 3 heteroatoms. The van der Waals surface area contributed by atoms with Crippen LogP contribution in [0.1, 0.15) is 19.4 Å². The molecule has 1 heterocycles. The molecule has 17 heavy (non-hydrogen) atoms. The van der Waals surface area contributed by atoms with Crippen molar-refractivity contribution in [3.05, 3.63) is 30.0 Å². The summed E-state index contributed by atoms with van der Waals surface area (Å²) in [7, 11) is 2.04. The molecule has 1 aromatic carbocycles. The van der Waals surface area contributed by atoms with Gasteiger partial charge in [0.05, 0.1) is 0 Å². The van der Waals surface area contributed by atoms with Gasteiger partial charge in [0, 0.05) is 30.2 Å². The Kier molecular flexibility index (Phi) is 3.38. The number of phenolic OH excluding ortho intramolecular Hbond substituents is 1. The van der Waals surface area contributed by atoms with E-state index < -0.39 is 0 Å². The molecule has 1 aromatic heterocycles. The van der Waals surface area contributed by atoms with E-state index in [2.05, 4.69) is 29.9 Å². The minimum atomic E-state index is 0.335. The number of hydrogen-bond acceptors (Lipinski definition) is 2. The smallest absolute Gasteiger partial charge is 0.116 e. The van der Waals surface area contributed by atoms with E-state index in [0.29, 0.717) is 11.8 Å². The fourth-order valence-electron chi connectivity index (χ4n) is 2.16. The highest BCUT2D eigenvalue weighted by molar-refractivity contribution is 5.85. The standard InChI is InChI=1S/C14H20N2O/c1-10(2)15-7-6-11-9-16(3)14-5-4-12(17)8-13(11)14/h4-5,8-10,15,17H,6-7H2,1-3H3. The second kappa shape index (κ2) is 4.80. The zero-order valence-electron chi connectivity index (χ0n) is 10.7. The Morgan fingerprint density at radius 1 is 1.35 bits per heavy atom. The van der Waals surface area contributed by atoms with Crippen molar-refractivity contribution in [1.82, 2.24) is 9.88 Å². The van der Waals surface area contributed by atoms with Crippen LogP contribution in [0.25, 0.3) is 10.9 Å². The summed E-state index contributed by atoms with van der Waals surface area (Å²) in [6.45, 7) is 5.26. The van der Waals surface area contributed by atoms with Crippen molar-refractivity contribution in [1.29, 1.82) is 0 Å². The van der Waals surface area contributed by atoms with Crippen LogP contribution in [-0.4, -0.2) is 22.3 Å². The predicted molar refractivity (Wildman–Crippen MR) is 71.4 cm³/mol. The zero-order valence-corrected chi connectivity index (χ0v) is 10.7. The van der Waals surface area contributed by atoms with Crippen LogP contribution in [0, 0.1) is 0 Å². The molecule has 92 valence electrons. The summed E-state index contributed by atoms with van der Waals surface area (Å²) in [5, 5.41) is 14.1. The molecule has 0 saturated heterocycles. The minimum absolute atomic E-state index is 0.335. The highest BCUT2D eigenvalue weighted by Crippen LogP contribution is 2.24. The molecule has 2 aromatic rings. The molecule has 0 saturated carbocycles. The lowest BCUT2D eigenvalue weighted by atomic mass is 10.1. The molecular weight excluding hydrogens is 212 g/mol. The van der Waals surface area contributed by atoms with Crippen LogP contribution < -0.4 is 5.32 Å². The predicted octanol–water partition coefficient (Wildman–Crippen LogP) is 2.42. The van der Waals surface area contributed by atoms with Crippen LogP contribution >= 0.6 is 0 Å². The summed E-state index contributed by atoms with van der Waals surface area (Å²) in [5.74, 6) is 0.335. The number of aryl methyl sites for hydroxylation is 1. The second-order valence-corrected chi connectivity index (χ2v) is 4.83. The SMILES string of the molecule is CC(C)NCCc1cn(C)c2ccc(O)cc12. The Hall–Kier alpha value is -1.48. The van der Waals surface area contributed by atoms with Crippen molar-refractivity contribution in [2.45, 2.75) is 26.3 Å². The van der Waals surface area contributed by atoms with Crippen molar-refractivity contribution in [3.63, 3.8) is 0 Å². The van der Waals surface area contributed by atoms with Crippen LogP contribution in [-0.2, 0) is 13.5 Å². The van der Waals surface area contributed by atoms with Gasteiger partial charge in [-0.2, -0.15) is 0 Å². The van der Waals surface area contributed by atoms with Gasteiger partial charge in [0.25, 0.3) is 0 Å². The van der Waals surface area contributed by atoms with Crippen LogP contribution in [0.4, 0.5) is 0 Å². The van der Waals surface area contributed by atoms with Gasteiger partial charge in [0.15, 0.2) is 0 Å². The molecule has 0 aliphatic rings. The Morgan fingerprint density at radius 3 is 2.82 bits per heavy atom. The van der Waals surface area contributed by atoms with Crippen molar-refractivity contribution < 1.29 is 5.11 Å². The quantitative estimate of drug-likeness (QED) is 0.849. The number of nitrogens with one attached hydrogen (secondary N) is 1. The number of benzene rings is 1. The molecule has 3 nitrogen and oxygen atoms in total. The fourth-order valence-corrected chi connectivity index (χ4v) is 2.16. The van der Waals surface area contributed by atoms with Gasteiger partial charge in [0.2, 0.25) is 0 Å². The van der Waals surface area contributed by atoms with E-state index >= 15 is 0 Å². The Morgan fingerprint density at radius 2 is 2.12 bits per heavy atom. The maximum Gasteiger partial charge on any atom is 0.116 e. The molecule has 0 unspecified atom stereocenters. The summed E-state index contributed by atoms with van der Waals surface area (Å²) >= 11 is 0. The first-order valence-corrected chi connectivity index (χ1v) is 6.08. The number of aromatic hydroxyl groups is 1. The molecule has 0 atom stereocenters. The van der Waals surface area contributed by atoms with Crippen molar-refractivity contribution in [2.24, 2.45) is 7.05 Å². The maximum atomic E-state index is 9.55. The van der Waals surface area contributed by atoms with Crippen LogP contribution in [0.3, 0.4) is 0 Å². The van der Waals surface area contributed by atoms with Crippen molar-refractivity contribution in [2.75, 3.05) is 6.54 Å². The Balaban J connectivity index is 2.24. The van der Waals surface area contributed by atoms with E-state index in [1.54, 1.807) is 6.07 Å².